The number of rotatable bonds is 5. The van der Waals surface area contributed by atoms with Crippen LogP contribution in [-0.4, -0.2) is 28.5 Å². The van der Waals surface area contributed by atoms with Crippen molar-refractivity contribution in [2.75, 3.05) is 23.8 Å². The van der Waals surface area contributed by atoms with Gasteiger partial charge in [0.2, 0.25) is 5.75 Å². The van der Waals surface area contributed by atoms with Gasteiger partial charge in [-0.25, -0.2) is 9.97 Å². The molecule has 148 valence electrons. The first kappa shape index (κ1) is 18.7. The predicted molar refractivity (Wildman–Crippen MR) is 111 cm³/mol. The zero-order valence-electron chi connectivity index (χ0n) is 16.2. The van der Waals surface area contributed by atoms with Crippen LogP contribution >= 0.6 is 0 Å². The van der Waals surface area contributed by atoms with Crippen molar-refractivity contribution in [1.29, 1.82) is 0 Å². The number of fused-ring (bicyclic) bond motifs is 1. The first-order valence-electron chi connectivity index (χ1n) is 9.34. The maximum atomic E-state index is 11.2. The molecule has 0 amide bonds. The standard InChI is InChI=1S/C21H21N5O3/c1-14-22-13-17-18(10-11-25(2)21(17)23-14)24-15-6-5-7-16(12-15)29-20-9-4-3-8-19(20)26(27)28/h3-9,12-13,18,24H,10-11H2,1-2H3. The minimum Gasteiger partial charge on any atom is -0.450 e. The van der Waals surface area contributed by atoms with Crippen molar-refractivity contribution in [3.05, 3.63) is 76.2 Å². The van der Waals surface area contributed by atoms with Crippen LogP contribution in [0.2, 0.25) is 0 Å². The molecule has 4 rings (SSSR count). The summed E-state index contributed by atoms with van der Waals surface area (Å²) in [5.41, 5.74) is 1.85. The second-order valence-electron chi connectivity index (χ2n) is 6.96. The van der Waals surface area contributed by atoms with Crippen molar-refractivity contribution in [3.8, 4) is 11.5 Å². The molecule has 1 atom stereocenters. The van der Waals surface area contributed by atoms with Crippen LogP contribution in [0.25, 0.3) is 0 Å². The van der Waals surface area contributed by atoms with Crippen LogP contribution in [0.4, 0.5) is 17.2 Å². The van der Waals surface area contributed by atoms with Gasteiger partial charge < -0.3 is 15.0 Å². The van der Waals surface area contributed by atoms with Crippen molar-refractivity contribution in [3.63, 3.8) is 0 Å². The fourth-order valence-corrected chi connectivity index (χ4v) is 3.42. The highest BCUT2D eigenvalue weighted by Gasteiger charge is 2.25. The van der Waals surface area contributed by atoms with Crippen LogP contribution in [-0.2, 0) is 0 Å². The highest BCUT2D eigenvalue weighted by Crippen LogP contribution is 2.35. The number of aryl methyl sites for hydroxylation is 1. The molecule has 1 N–H and O–H groups in total. The van der Waals surface area contributed by atoms with Crippen LogP contribution in [0.15, 0.2) is 54.7 Å². The number of aromatic nitrogens is 2. The molecule has 0 aliphatic carbocycles. The molecule has 1 unspecified atom stereocenters. The molecule has 1 aliphatic heterocycles. The molecule has 2 heterocycles. The van der Waals surface area contributed by atoms with Gasteiger partial charge in [0.05, 0.1) is 11.0 Å². The average molecular weight is 391 g/mol. The van der Waals surface area contributed by atoms with Gasteiger partial charge >= 0.3 is 5.69 Å². The number of para-hydroxylation sites is 2. The van der Waals surface area contributed by atoms with Crippen LogP contribution < -0.4 is 15.0 Å². The molecule has 8 heteroatoms. The van der Waals surface area contributed by atoms with Gasteiger partial charge in [-0.15, -0.1) is 0 Å². The summed E-state index contributed by atoms with van der Waals surface area (Å²) in [7, 11) is 2.03. The zero-order chi connectivity index (χ0) is 20.4. The minimum atomic E-state index is -0.450. The number of ether oxygens (including phenoxy) is 1. The Labute approximate surface area is 168 Å². The van der Waals surface area contributed by atoms with Gasteiger partial charge in [-0.1, -0.05) is 18.2 Å². The molecular weight excluding hydrogens is 370 g/mol. The van der Waals surface area contributed by atoms with Gasteiger partial charge in [-0.05, 0) is 31.5 Å². The first-order valence-corrected chi connectivity index (χ1v) is 9.34. The van der Waals surface area contributed by atoms with E-state index in [4.69, 9.17) is 4.74 Å². The lowest BCUT2D eigenvalue weighted by molar-refractivity contribution is -0.385. The molecule has 0 saturated carbocycles. The third-order valence-corrected chi connectivity index (χ3v) is 4.87. The molecule has 1 aliphatic rings. The van der Waals surface area contributed by atoms with Crippen LogP contribution in [0.1, 0.15) is 23.9 Å². The highest BCUT2D eigenvalue weighted by molar-refractivity contribution is 5.56. The SMILES string of the molecule is Cc1ncc2c(n1)N(C)CCC2Nc1cccc(Oc2ccccc2[N+](=O)[O-])c1. The minimum absolute atomic E-state index is 0.0670. The Morgan fingerprint density at radius 2 is 2.07 bits per heavy atom. The number of hydrogen-bond acceptors (Lipinski definition) is 7. The van der Waals surface area contributed by atoms with Crippen LogP contribution in [0.5, 0.6) is 11.5 Å². The second-order valence-corrected chi connectivity index (χ2v) is 6.96. The summed E-state index contributed by atoms with van der Waals surface area (Å²) in [6.45, 7) is 2.77. The molecule has 0 spiro atoms. The zero-order valence-corrected chi connectivity index (χ0v) is 16.2. The number of nitro groups is 1. The maximum absolute atomic E-state index is 11.2. The van der Waals surface area contributed by atoms with Gasteiger partial charge in [0.15, 0.2) is 0 Å². The van der Waals surface area contributed by atoms with Crippen molar-refractivity contribution < 1.29 is 9.66 Å². The molecule has 1 aromatic heterocycles. The largest absolute Gasteiger partial charge is 0.450 e. The van der Waals surface area contributed by atoms with E-state index in [1.807, 2.05) is 38.4 Å². The molecule has 0 radical (unpaired) electrons. The van der Waals surface area contributed by atoms with Crippen molar-refractivity contribution in [2.24, 2.45) is 0 Å². The van der Waals surface area contributed by atoms with Crippen molar-refractivity contribution in [2.45, 2.75) is 19.4 Å². The summed E-state index contributed by atoms with van der Waals surface area (Å²) in [5, 5.41) is 14.7. The quantitative estimate of drug-likeness (QED) is 0.506. The topological polar surface area (TPSA) is 93.4 Å². The first-order chi connectivity index (χ1) is 14.0. The smallest absolute Gasteiger partial charge is 0.311 e. The molecule has 0 saturated heterocycles. The lowest BCUT2D eigenvalue weighted by atomic mass is 10.0. The average Bonchev–Trinajstić information content (AvgIpc) is 2.71. The van der Waals surface area contributed by atoms with E-state index < -0.39 is 4.92 Å². The summed E-state index contributed by atoms with van der Waals surface area (Å²) in [6, 6.07) is 13.8. The summed E-state index contributed by atoms with van der Waals surface area (Å²) < 4.78 is 5.79. The Kier molecular flexibility index (Phi) is 4.99. The Morgan fingerprint density at radius 1 is 1.24 bits per heavy atom. The molecule has 3 aromatic rings. The molecule has 0 fully saturated rings. The summed E-state index contributed by atoms with van der Waals surface area (Å²) in [4.78, 5) is 21.8. The third kappa shape index (κ3) is 3.96. The number of hydrogen-bond donors (Lipinski definition) is 1. The number of benzene rings is 2. The van der Waals surface area contributed by atoms with Gasteiger partial charge in [-0.2, -0.15) is 0 Å². The number of nitrogens with zero attached hydrogens (tertiary/aromatic N) is 4. The fraction of sp³-hybridized carbons (Fsp3) is 0.238. The summed E-state index contributed by atoms with van der Waals surface area (Å²) >= 11 is 0. The van der Waals surface area contributed by atoms with Crippen molar-refractivity contribution in [1.82, 2.24) is 9.97 Å². The Balaban J connectivity index is 1.57. The molecule has 29 heavy (non-hydrogen) atoms. The van der Waals surface area contributed by atoms with Crippen molar-refractivity contribution >= 4 is 17.2 Å². The van der Waals surface area contributed by atoms with E-state index >= 15 is 0 Å². The third-order valence-electron chi connectivity index (χ3n) is 4.87. The lowest BCUT2D eigenvalue weighted by Crippen LogP contribution is -2.31. The van der Waals surface area contributed by atoms with E-state index in [9.17, 15) is 10.1 Å². The van der Waals surface area contributed by atoms with Crippen LogP contribution in [0.3, 0.4) is 0 Å². The normalized spacial score (nSPS) is 15.5. The fourth-order valence-electron chi connectivity index (χ4n) is 3.42. The Hall–Kier alpha value is -3.68. The van der Waals surface area contributed by atoms with Gasteiger partial charge in [0, 0.05) is 43.2 Å². The van der Waals surface area contributed by atoms with E-state index in [0.717, 1.165) is 35.9 Å². The van der Waals surface area contributed by atoms with E-state index in [-0.39, 0.29) is 17.5 Å². The molecular formula is C21H21N5O3. The monoisotopic (exact) mass is 391 g/mol. The second kappa shape index (κ2) is 7.75. The van der Waals surface area contributed by atoms with E-state index in [1.165, 1.54) is 6.07 Å². The number of anilines is 2. The van der Waals surface area contributed by atoms with E-state index in [0.29, 0.717) is 5.75 Å². The molecule has 8 nitrogen and oxygen atoms in total. The number of nitro benzene ring substituents is 1. The highest BCUT2D eigenvalue weighted by atomic mass is 16.6. The van der Waals surface area contributed by atoms with E-state index in [1.54, 1.807) is 24.3 Å². The molecule has 0 bridgehead atoms. The van der Waals surface area contributed by atoms with Gasteiger partial charge in [-0.3, -0.25) is 10.1 Å². The van der Waals surface area contributed by atoms with Gasteiger partial charge in [0.25, 0.3) is 0 Å². The molecule has 2 aromatic carbocycles. The van der Waals surface area contributed by atoms with E-state index in [2.05, 4.69) is 20.2 Å². The Morgan fingerprint density at radius 3 is 2.90 bits per heavy atom. The maximum Gasteiger partial charge on any atom is 0.311 e. The Bertz CT molecular complexity index is 1060. The van der Waals surface area contributed by atoms with Gasteiger partial charge in [0.1, 0.15) is 17.4 Å². The predicted octanol–water partition coefficient (Wildman–Crippen LogP) is 4.48. The van der Waals surface area contributed by atoms with Crippen LogP contribution in [0, 0.1) is 17.0 Å². The summed E-state index contributed by atoms with van der Waals surface area (Å²) in [5.74, 6) is 2.42. The number of nitrogens with one attached hydrogen (secondary N) is 1. The lowest BCUT2D eigenvalue weighted by Gasteiger charge is -2.32. The summed E-state index contributed by atoms with van der Waals surface area (Å²) in [6.07, 6.45) is 2.78.